The quantitative estimate of drug-likeness (QED) is 0.575. The van der Waals surface area contributed by atoms with E-state index in [-0.39, 0.29) is 18.1 Å². The third kappa shape index (κ3) is 6.06. The maximum absolute atomic E-state index is 12.5. The van der Waals surface area contributed by atoms with Gasteiger partial charge in [-0.05, 0) is 39.2 Å². The lowest BCUT2D eigenvalue weighted by Crippen LogP contribution is -2.55. The fraction of sp³-hybridized carbons (Fsp3) is 0.667. The van der Waals surface area contributed by atoms with Crippen LogP contribution in [-0.2, 0) is 16.1 Å². The number of amides is 1. The number of rotatable bonds is 6. The van der Waals surface area contributed by atoms with Crippen LogP contribution in [-0.4, -0.2) is 78.2 Å². The van der Waals surface area contributed by atoms with E-state index in [0.29, 0.717) is 32.1 Å². The highest BCUT2D eigenvalue weighted by Crippen LogP contribution is 2.16. The number of aromatic nitrogens is 1. The van der Waals surface area contributed by atoms with E-state index in [1.165, 1.54) is 0 Å². The van der Waals surface area contributed by atoms with Gasteiger partial charge in [-0.3, -0.25) is 4.79 Å². The van der Waals surface area contributed by atoms with E-state index in [0.717, 1.165) is 44.0 Å². The highest BCUT2D eigenvalue weighted by atomic mass is 16.5. The average Bonchev–Trinajstić information content (AvgIpc) is 3.26. The normalized spacial score (nSPS) is 20.3. The Hall–Kier alpha value is -2.35. The molecule has 2 fully saturated rings. The Morgan fingerprint density at radius 3 is 2.66 bits per heavy atom. The van der Waals surface area contributed by atoms with E-state index < -0.39 is 0 Å². The van der Waals surface area contributed by atoms with Crippen LogP contribution in [0, 0.1) is 0 Å². The van der Waals surface area contributed by atoms with E-state index in [4.69, 9.17) is 14.5 Å². The fourth-order valence-electron chi connectivity index (χ4n) is 3.52. The molecule has 1 aromatic rings. The number of aliphatic imine (C=N–C) groups is 1. The Kier molecular flexibility index (Phi) is 7.69. The number of pyridine rings is 1. The van der Waals surface area contributed by atoms with Crippen LogP contribution < -0.4 is 10.1 Å². The molecule has 0 bridgehead atoms. The van der Waals surface area contributed by atoms with Gasteiger partial charge in [-0.15, -0.1) is 0 Å². The zero-order chi connectivity index (χ0) is 20.6. The number of nitrogens with zero attached hydrogens (tertiary/aromatic N) is 4. The van der Waals surface area contributed by atoms with Crippen LogP contribution in [0.4, 0.5) is 0 Å². The van der Waals surface area contributed by atoms with Crippen LogP contribution in [0.15, 0.2) is 23.3 Å². The summed E-state index contributed by atoms with van der Waals surface area (Å²) in [6, 6.07) is 3.88. The molecule has 0 aliphatic carbocycles. The summed E-state index contributed by atoms with van der Waals surface area (Å²) < 4.78 is 11.1. The lowest BCUT2D eigenvalue weighted by atomic mass is 10.2. The van der Waals surface area contributed by atoms with Crippen molar-refractivity contribution in [2.24, 2.45) is 4.99 Å². The Balaban J connectivity index is 1.54. The number of carbonyl (C=O) groups is 1. The SMILES string of the molecule is CCNC(=NCc1ccc(OC(C)C)nc1)N1CCN(C(=O)C2CCCO2)CC1. The van der Waals surface area contributed by atoms with E-state index >= 15 is 0 Å². The van der Waals surface area contributed by atoms with Gasteiger partial charge < -0.3 is 24.6 Å². The minimum absolute atomic E-state index is 0.109. The largest absolute Gasteiger partial charge is 0.475 e. The number of carbonyl (C=O) groups excluding carboxylic acids is 1. The van der Waals surface area contributed by atoms with E-state index in [9.17, 15) is 4.79 Å². The summed E-state index contributed by atoms with van der Waals surface area (Å²) in [5.74, 6) is 1.64. The van der Waals surface area contributed by atoms with E-state index in [1.54, 1.807) is 0 Å². The summed E-state index contributed by atoms with van der Waals surface area (Å²) >= 11 is 0. The maximum Gasteiger partial charge on any atom is 0.251 e. The van der Waals surface area contributed by atoms with Gasteiger partial charge in [0.15, 0.2) is 5.96 Å². The minimum Gasteiger partial charge on any atom is -0.475 e. The van der Waals surface area contributed by atoms with Gasteiger partial charge in [-0.2, -0.15) is 0 Å². The second-order valence-corrected chi connectivity index (χ2v) is 7.66. The Morgan fingerprint density at radius 1 is 1.31 bits per heavy atom. The molecule has 3 heterocycles. The second-order valence-electron chi connectivity index (χ2n) is 7.66. The molecule has 0 aromatic carbocycles. The molecule has 1 unspecified atom stereocenters. The van der Waals surface area contributed by atoms with E-state index in [2.05, 4.69) is 22.1 Å². The zero-order valence-electron chi connectivity index (χ0n) is 17.8. The third-order valence-corrected chi connectivity index (χ3v) is 5.00. The number of ether oxygens (including phenoxy) is 2. The molecule has 29 heavy (non-hydrogen) atoms. The van der Waals surface area contributed by atoms with Crippen molar-refractivity contribution in [2.75, 3.05) is 39.3 Å². The summed E-state index contributed by atoms with van der Waals surface area (Å²) in [6.45, 7) is 11.0. The van der Waals surface area contributed by atoms with Crippen LogP contribution in [0.5, 0.6) is 5.88 Å². The first kappa shape index (κ1) is 21.4. The molecular weight excluding hydrogens is 370 g/mol. The maximum atomic E-state index is 12.5. The smallest absolute Gasteiger partial charge is 0.251 e. The first-order valence-corrected chi connectivity index (χ1v) is 10.6. The van der Waals surface area contributed by atoms with E-state index in [1.807, 2.05) is 37.1 Å². The van der Waals surface area contributed by atoms with Crippen molar-refractivity contribution in [1.29, 1.82) is 0 Å². The first-order valence-electron chi connectivity index (χ1n) is 10.6. The van der Waals surface area contributed by atoms with Gasteiger partial charge in [0.25, 0.3) is 5.91 Å². The minimum atomic E-state index is -0.237. The second kappa shape index (κ2) is 10.4. The molecule has 1 N–H and O–H groups in total. The van der Waals surface area contributed by atoms with Crippen molar-refractivity contribution >= 4 is 11.9 Å². The summed E-state index contributed by atoms with van der Waals surface area (Å²) in [7, 11) is 0. The van der Waals surface area contributed by atoms with Gasteiger partial charge in [0, 0.05) is 51.6 Å². The molecule has 0 spiro atoms. The van der Waals surface area contributed by atoms with Crippen molar-refractivity contribution in [2.45, 2.75) is 52.4 Å². The van der Waals surface area contributed by atoms with Crippen LogP contribution in [0.2, 0.25) is 0 Å². The summed E-state index contributed by atoms with van der Waals surface area (Å²) in [4.78, 5) is 25.8. The van der Waals surface area contributed by atoms with Gasteiger partial charge in [0.2, 0.25) is 5.88 Å². The molecule has 1 amide bonds. The first-order chi connectivity index (χ1) is 14.1. The molecule has 0 radical (unpaired) electrons. The van der Waals surface area contributed by atoms with Crippen molar-refractivity contribution in [1.82, 2.24) is 20.1 Å². The highest BCUT2D eigenvalue weighted by Gasteiger charge is 2.30. The standard InChI is InChI=1S/C21H33N5O3/c1-4-22-21(24-15-17-7-8-19(23-14-17)29-16(2)3)26-11-9-25(10-12-26)20(27)18-6-5-13-28-18/h7-8,14,16,18H,4-6,9-13,15H2,1-3H3,(H,22,24). The lowest BCUT2D eigenvalue weighted by Gasteiger charge is -2.37. The summed E-state index contributed by atoms with van der Waals surface area (Å²) in [6.07, 6.45) is 3.50. The van der Waals surface area contributed by atoms with Gasteiger partial charge in [0.05, 0.1) is 12.6 Å². The topological polar surface area (TPSA) is 79.3 Å². The molecule has 1 atom stereocenters. The van der Waals surface area contributed by atoms with Crippen LogP contribution in [0.3, 0.4) is 0 Å². The van der Waals surface area contributed by atoms with Gasteiger partial charge in [-0.25, -0.2) is 9.98 Å². The highest BCUT2D eigenvalue weighted by molar-refractivity contribution is 5.82. The Labute approximate surface area is 173 Å². The fourth-order valence-corrected chi connectivity index (χ4v) is 3.52. The monoisotopic (exact) mass is 403 g/mol. The molecular formula is C21H33N5O3. The molecule has 3 rings (SSSR count). The molecule has 0 saturated carbocycles. The molecule has 2 saturated heterocycles. The number of guanidine groups is 1. The van der Waals surface area contributed by atoms with Crippen LogP contribution >= 0.6 is 0 Å². The number of hydrogen-bond donors (Lipinski definition) is 1. The Morgan fingerprint density at radius 2 is 2.07 bits per heavy atom. The molecule has 2 aliphatic heterocycles. The van der Waals surface area contributed by atoms with Gasteiger partial charge >= 0.3 is 0 Å². The predicted octanol–water partition coefficient (Wildman–Crippen LogP) is 1.66. The molecule has 2 aliphatic rings. The third-order valence-electron chi connectivity index (χ3n) is 5.00. The van der Waals surface area contributed by atoms with Gasteiger partial charge in [-0.1, -0.05) is 6.07 Å². The number of hydrogen-bond acceptors (Lipinski definition) is 5. The van der Waals surface area contributed by atoms with Crippen LogP contribution in [0.25, 0.3) is 0 Å². The molecule has 8 nitrogen and oxygen atoms in total. The van der Waals surface area contributed by atoms with Crippen molar-refractivity contribution < 1.29 is 14.3 Å². The summed E-state index contributed by atoms with van der Waals surface area (Å²) in [5, 5.41) is 3.36. The molecule has 1 aromatic heterocycles. The number of piperazine rings is 1. The Bertz CT molecular complexity index is 678. The van der Waals surface area contributed by atoms with Crippen molar-refractivity contribution in [3.63, 3.8) is 0 Å². The zero-order valence-corrected chi connectivity index (χ0v) is 17.8. The lowest BCUT2D eigenvalue weighted by molar-refractivity contribution is -0.142. The molecule has 160 valence electrons. The van der Waals surface area contributed by atoms with Crippen molar-refractivity contribution in [3.05, 3.63) is 23.9 Å². The van der Waals surface area contributed by atoms with Crippen molar-refractivity contribution in [3.8, 4) is 5.88 Å². The summed E-state index contributed by atoms with van der Waals surface area (Å²) in [5.41, 5.74) is 1.03. The van der Waals surface area contributed by atoms with Crippen LogP contribution in [0.1, 0.15) is 39.2 Å². The van der Waals surface area contributed by atoms with Gasteiger partial charge in [0.1, 0.15) is 6.10 Å². The average molecular weight is 404 g/mol. The number of nitrogens with one attached hydrogen (secondary N) is 1. The molecule has 8 heteroatoms. The predicted molar refractivity (Wildman–Crippen MR) is 112 cm³/mol.